The number of hydrogen-bond acceptors (Lipinski definition) is 3. The highest BCUT2D eigenvalue weighted by Crippen LogP contribution is 2.44. The van der Waals surface area contributed by atoms with Gasteiger partial charge in [0.25, 0.3) is 0 Å². The molecule has 0 aliphatic rings. The molecule has 2 aromatic carbocycles. The molecule has 0 aliphatic carbocycles. The average Bonchev–Trinajstić information content (AvgIpc) is 2.37. The zero-order chi connectivity index (χ0) is 15.5. The van der Waals surface area contributed by atoms with Crippen LogP contribution in [0.2, 0.25) is 0 Å². The molecule has 1 N–H and O–H groups in total. The number of benzene rings is 2. The van der Waals surface area contributed by atoms with Crippen LogP contribution in [-0.2, 0) is 11.0 Å². The minimum absolute atomic E-state index is 0.308. The van der Waals surface area contributed by atoms with Gasteiger partial charge in [-0.3, -0.25) is 4.89 Å². The summed E-state index contributed by atoms with van der Waals surface area (Å²) in [6, 6.07) is 12.4. The quantitative estimate of drug-likeness (QED) is 0.831. The molecule has 0 saturated heterocycles. The number of phosphoric acid groups is 1. The lowest BCUT2D eigenvalue weighted by Crippen LogP contribution is -2.00. The fraction of sp³-hybridized carbons (Fsp3) is 0.250. The highest BCUT2D eigenvalue weighted by Gasteiger charge is 2.25. The Kier molecular flexibility index (Phi) is 4.71. The lowest BCUT2D eigenvalue weighted by molar-refractivity contribution is 0.291. The van der Waals surface area contributed by atoms with E-state index in [1.165, 1.54) is 0 Å². The van der Waals surface area contributed by atoms with Crippen LogP contribution in [0.4, 0.5) is 0 Å². The molecular weight excluding hydrogens is 287 g/mol. The van der Waals surface area contributed by atoms with Crippen LogP contribution >= 0.6 is 7.82 Å². The molecule has 0 bridgehead atoms. The molecule has 2 aromatic rings. The summed E-state index contributed by atoms with van der Waals surface area (Å²) in [5, 5.41) is 0. The van der Waals surface area contributed by atoms with Crippen molar-refractivity contribution >= 4 is 7.82 Å². The molecule has 1 unspecified atom stereocenters. The third kappa shape index (κ3) is 4.62. The number of aryl methyl sites for hydroxylation is 3. The molecule has 4 nitrogen and oxygen atoms in total. The summed E-state index contributed by atoms with van der Waals surface area (Å²) in [4.78, 5) is 9.84. The molecule has 5 heteroatoms. The third-order valence-corrected chi connectivity index (χ3v) is 3.85. The first-order valence-corrected chi connectivity index (χ1v) is 8.27. The maximum Gasteiger partial charge on any atom is 0.584 e. The molecule has 0 heterocycles. The Hall–Kier alpha value is -1.77. The van der Waals surface area contributed by atoms with Gasteiger partial charge in [-0.2, -0.15) is 0 Å². The first-order valence-electron chi connectivity index (χ1n) is 6.77. The largest absolute Gasteiger partial charge is 0.584 e. The van der Waals surface area contributed by atoms with E-state index in [0.29, 0.717) is 11.5 Å². The van der Waals surface area contributed by atoms with Crippen molar-refractivity contribution in [2.75, 3.05) is 0 Å². The SMILES string of the molecule is CCc1ccc(OP(=O)(O)Oc2cc(C)cc(C)c2)cc1. The van der Waals surface area contributed by atoms with E-state index in [0.717, 1.165) is 23.1 Å². The normalized spacial score (nSPS) is 13.5. The van der Waals surface area contributed by atoms with Gasteiger partial charge in [0.05, 0.1) is 0 Å². The van der Waals surface area contributed by atoms with Gasteiger partial charge in [0.15, 0.2) is 0 Å². The number of phosphoric ester groups is 1. The second kappa shape index (κ2) is 6.33. The molecule has 112 valence electrons. The highest BCUT2D eigenvalue weighted by molar-refractivity contribution is 7.48. The van der Waals surface area contributed by atoms with Gasteiger partial charge in [0.2, 0.25) is 0 Å². The lowest BCUT2D eigenvalue weighted by Gasteiger charge is -2.14. The van der Waals surface area contributed by atoms with E-state index < -0.39 is 7.82 Å². The van der Waals surface area contributed by atoms with Crippen LogP contribution in [0.25, 0.3) is 0 Å². The van der Waals surface area contributed by atoms with E-state index in [1.54, 1.807) is 24.3 Å². The molecule has 2 rings (SSSR count). The standard InChI is InChI=1S/C16H19O4P/c1-4-14-5-7-15(8-6-14)19-21(17,18)20-16-10-12(2)9-13(3)11-16/h5-11H,4H2,1-3H3,(H,17,18). The number of hydrogen-bond donors (Lipinski definition) is 1. The Balaban J connectivity index is 2.11. The molecule has 0 spiro atoms. The van der Waals surface area contributed by atoms with E-state index in [4.69, 9.17) is 9.05 Å². The molecular formula is C16H19O4P. The minimum atomic E-state index is -4.20. The van der Waals surface area contributed by atoms with Crippen LogP contribution in [0, 0.1) is 13.8 Å². The summed E-state index contributed by atoms with van der Waals surface area (Å²) in [6.45, 7) is 5.83. The van der Waals surface area contributed by atoms with Gasteiger partial charge in [-0.1, -0.05) is 25.1 Å². The molecule has 0 amide bonds. The van der Waals surface area contributed by atoms with Gasteiger partial charge in [0.1, 0.15) is 11.5 Å². The van der Waals surface area contributed by atoms with Gasteiger partial charge in [-0.15, -0.1) is 0 Å². The summed E-state index contributed by atoms with van der Waals surface area (Å²) in [5.74, 6) is 0.630. The van der Waals surface area contributed by atoms with E-state index in [9.17, 15) is 9.46 Å². The fourth-order valence-corrected chi connectivity index (χ4v) is 2.85. The molecule has 0 saturated carbocycles. The molecule has 0 aliphatic heterocycles. The van der Waals surface area contributed by atoms with E-state index in [1.807, 2.05) is 39.0 Å². The third-order valence-electron chi connectivity index (χ3n) is 2.97. The molecule has 0 fully saturated rings. The molecule has 0 aromatic heterocycles. The van der Waals surface area contributed by atoms with Gasteiger partial charge >= 0.3 is 7.82 Å². The minimum Gasteiger partial charge on any atom is -0.395 e. The van der Waals surface area contributed by atoms with Crippen LogP contribution in [0.3, 0.4) is 0 Å². The van der Waals surface area contributed by atoms with Crippen LogP contribution in [0.5, 0.6) is 11.5 Å². The second-order valence-corrected chi connectivity index (χ2v) is 6.27. The molecule has 1 atom stereocenters. The second-order valence-electron chi connectivity index (χ2n) is 4.97. The average molecular weight is 306 g/mol. The van der Waals surface area contributed by atoms with E-state index in [-0.39, 0.29) is 0 Å². The van der Waals surface area contributed by atoms with Crippen molar-refractivity contribution in [2.24, 2.45) is 0 Å². The van der Waals surface area contributed by atoms with Crippen molar-refractivity contribution in [3.8, 4) is 11.5 Å². The van der Waals surface area contributed by atoms with Crippen molar-refractivity contribution in [1.82, 2.24) is 0 Å². The van der Waals surface area contributed by atoms with Crippen LogP contribution < -0.4 is 9.05 Å². The van der Waals surface area contributed by atoms with E-state index in [2.05, 4.69) is 0 Å². The summed E-state index contributed by atoms with van der Waals surface area (Å²) >= 11 is 0. The fourth-order valence-electron chi connectivity index (χ4n) is 2.06. The number of rotatable bonds is 5. The monoisotopic (exact) mass is 306 g/mol. The Labute approximate surface area is 125 Å². The lowest BCUT2D eigenvalue weighted by atomic mass is 10.1. The summed E-state index contributed by atoms with van der Waals surface area (Å²) < 4.78 is 22.2. The Bertz CT molecular complexity index is 644. The van der Waals surface area contributed by atoms with Crippen molar-refractivity contribution in [3.05, 3.63) is 59.2 Å². The van der Waals surface area contributed by atoms with Gasteiger partial charge in [-0.25, -0.2) is 4.57 Å². The summed E-state index contributed by atoms with van der Waals surface area (Å²) in [5.41, 5.74) is 3.04. The van der Waals surface area contributed by atoms with Crippen LogP contribution in [-0.4, -0.2) is 4.89 Å². The Morgan fingerprint density at radius 1 is 0.952 bits per heavy atom. The maximum atomic E-state index is 12.0. The van der Waals surface area contributed by atoms with Crippen molar-refractivity contribution < 1.29 is 18.5 Å². The van der Waals surface area contributed by atoms with E-state index >= 15 is 0 Å². The van der Waals surface area contributed by atoms with Crippen LogP contribution in [0.1, 0.15) is 23.6 Å². The zero-order valence-electron chi connectivity index (χ0n) is 12.4. The van der Waals surface area contributed by atoms with Crippen molar-refractivity contribution in [3.63, 3.8) is 0 Å². The van der Waals surface area contributed by atoms with Crippen LogP contribution in [0.15, 0.2) is 42.5 Å². The van der Waals surface area contributed by atoms with Gasteiger partial charge in [-0.05, 0) is 61.2 Å². The summed E-state index contributed by atoms with van der Waals surface area (Å²) in [7, 11) is -4.20. The van der Waals surface area contributed by atoms with Crippen molar-refractivity contribution in [1.29, 1.82) is 0 Å². The topological polar surface area (TPSA) is 55.8 Å². The zero-order valence-corrected chi connectivity index (χ0v) is 13.3. The highest BCUT2D eigenvalue weighted by atomic mass is 31.2. The Morgan fingerprint density at radius 3 is 2.00 bits per heavy atom. The predicted octanol–water partition coefficient (Wildman–Crippen LogP) is 4.42. The summed E-state index contributed by atoms with van der Waals surface area (Å²) in [6.07, 6.45) is 0.899. The van der Waals surface area contributed by atoms with Gasteiger partial charge in [0, 0.05) is 0 Å². The first-order chi connectivity index (χ1) is 9.88. The maximum absolute atomic E-state index is 12.0. The Morgan fingerprint density at radius 2 is 1.48 bits per heavy atom. The first kappa shape index (κ1) is 15.6. The smallest absolute Gasteiger partial charge is 0.395 e. The van der Waals surface area contributed by atoms with Gasteiger partial charge < -0.3 is 9.05 Å². The molecule has 0 radical (unpaired) electrons. The molecule has 21 heavy (non-hydrogen) atoms. The predicted molar refractivity (Wildman–Crippen MR) is 82.8 cm³/mol. The van der Waals surface area contributed by atoms with Crippen molar-refractivity contribution in [2.45, 2.75) is 27.2 Å².